The van der Waals surface area contributed by atoms with Crippen LogP contribution in [-0.2, 0) is 6.42 Å². The summed E-state index contributed by atoms with van der Waals surface area (Å²) in [7, 11) is 0. The molecule has 2 rings (SSSR count). The maximum Gasteiger partial charge on any atom is 0.0638 e. The van der Waals surface area contributed by atoms with E-state index in [0.717, 1.165) is 17.7 Å². The van der Waals surface area contributed by atoms with E-state index >= 15 is 0 Å². The molecular formula is C10H10ClN3. The number of nitrogens with one attached hydrogen (secondary N) is 1. The van der Waals surface area contributed by atoms with Gasteiger partial charge in [-0.1, -0.05) is 23.7 Å². The number of H-pyrrole nitrogens is 1. The Morgan fingerprint density at radius 1 is 1.36 bits per heavy atom. The molecule has 1 heterocycles. The normalized spacial score (nSPS) is 10.4. The zero-order chi connectivity index (χ0) is 9.97. The van der Waals surface area contributed by atoms with Crippen molar-refractivity contribution >= 4 is 17.3 Å². The lowest BCUT2D eigenvalue weighted by Crippen LogP contribution is -1.96. The number of nitrogens with zero attached hydrogens (tertiary/aromatic N) is 1. The summed E-state index contributed by atoms with van der Waals surface area (Å²) in [5, 5.41) is 7.35. The van der Waals surface area contributed by atoms with E-state index in [9.17, 15) is 0 Å². The minimum atomic E-state index is 0.599. The largest absolute Gasteiger partial charge is 0.397 e. The van der Waals surface area contributed by atoms with E-state index in [1.807, 2.05) is 18.2 Å². The molecule has 0 aliphatic heterocycles. The molecule has 0 bridgehead atoms. The molecule has 1 aromatic heterocycles. The van der Waals surface area contributed by atoms with Gasteiger partial charge in [-0.15, -0.1) is 0 Å². The minimum Gasteiger partial charge on any atom is -0.397 e. The number of hydrogen-bond acceptors (Lipinski definition) is 2. The fraction of sp³-hybridized carbons (Fsp3) is 0.100. The first-order chi connectivity index (χ1) is 6.77. The van der Waals surface area contributed by atoms with Gasteiger partial charge in [0.15, 0.2) is 0 Å². The van der Waals surface area contributed by atoms with Crippen molar-refractivity contribution < 1.29 is 0 Å². The zero-order valence-electron chi connectivity index (χ0n) is 7.50. The summed E-state index contributed by atoms with van der Waals surface area (Å²) in [6.07, 6.45) is 2.45. The smallest absolute Gasteiger partial charge is 0.0638 e. The second kappa shape index (κ2) is 3.72. The van der Waals surface area contributed by atoms with Crippen LogP contribution in [0.2, 0.25) is 5.02 Å². The summed E-state index contributed by atoms with van der Waals surface area (Å²) < 4.78 is 0. The first-order valence-electron chi connectivity index (χ1n) is 4.28. The summed E-state index contributed by atoms with van der Waals surface area (Å²) in [4.78, 5) is 0. The fourth-order valence-corrected chi connectivity index (χ4v) is 1.52. The highest BCUT2D eigenvalue weighted by Gasteiger charge is 2.04. The van der Waals surface area contributed by atoms with Crippen LogP contribution < -0.4 is 5.73 Å². The molecule has 72 valence electrons. The van der Waals surface area contributed by atoms with Gasteiger partial charge in [-0.05, 0) is 17.7 Å². The number of anilines is 1. The fourth-order valence-electron chi connectivity index (χ4n) is 1.32. The zero-order valence-corrected chi connectivity index (χ0v) is 8.25. The van der Waals surface area contributed by atoms with Gasteiger partial charge in [0.25, 0.3) is 0 Å². The second-order valence-electron chi connectivity index (χ2n) is 3.07. The minimum absolute atomic E-state index is 0.599. The van der Waals surface area contributed by atoms with Crippen molar-refractivity contribution in [1.29, 1.82) is 0 Å². The molecule has 3 N–H and O–H groups in total. The molecule has 2 aromatic rings. The molecule has 0 aliphatic rings. The Hall–Kier alpha value is -1.48. The molecule has 0 unspecified atom stereocenters. The van der Waals surface area contributed by atoms with Crippen molar-refractivity contribution in [2.45, 2.75) is 6.42 Å². The van der Waals surface area contributed by atoms with E-state index in [1.165, 1.54) is 0 Å². The molecule has 0 spiro atoms. The van der Waals surface area contributed by atoms with Crippen LogP contribution in [0.3, 0.4) is 0 Å². The van der Waals surface area contributed by atoms with Crippen LogP contribution in [0.5, 0.6) is 0 Å². The predicted octanol–water partition coefficient (Wildman–Crippen LogP) is 2.24. The standard InChI is InChI=1S/C10H10ClN3/c11-9-3-1-2-7(10(9)12)6-8-4-5-13-14-8/h1-5H,6,12H2,(H,13,14). The van der Waals surface area contributed by atoms with Gasteiger partial charge >= 0.3 is 0 Å². The Morgan fingerprint density at radius 2 is 2.21 bits per heavy atom. The lowest BCUT2D eigenvalue weighted by Gasteiger charge is -2.05. The summed E-state index contributed by atoms with van der Waals surface area (Å²) >= 11 is 5.90. The Kier molecular flexibility index (Phi) is 2.41. The van der Waals surface area contributed by atoms with E-state index < -0.39 is 0 Å². The first-order valence-corrected chi connectivity index (χ1v) is 4.66. The number of rotatable bonds is 2. The molecule has 14 heavy (non-hydrogen) atoms. The maximum atomic E-state index is 5.90. The average Bonchev–Trinajstić information content (AvgIpc) is 2.66. The van der Waals surface area contributed by atoms with Crippen LogP contribution in [0.4, 0.5) is 5.69 Å². The third-order valence-electron chi connectivity index (χ3n) is 2.08. The van der Waals surface area contributed by atoms with Crippen LogP contribution in [0, 0.1) is 0 Å². The van der Waals surface area contributed by atoms with Gasteiger partial charge in [0.1, 0.15) is 0 Å². The van der Waals surface area contributed by atoms with Gasteiger partial charge in [0, 0.05) is 18.3 Å². The Morgan fingerprint density at radius 3 is 2.93 bits per heavy atom. The van der Waals surface area contributed by atoms with Crippen molar-refractivity contribution in [2.24, 2.45) is 0 Å². The monoisotopic (exact) mass is 207 g/mol. The average molecular weight is 208 g/mol. The number of aromatic amines is 1. The van der Waals surface area contributed by atoms with E-state index in [-0.39, 0.29) is 0 Å². The molecule has 0 fully saturated rings. The summed E-state index contributed by atoms with van der Waals surface area (Å²) in [6.45, 7) is 0. The molecule has 0 saturated heterocycles. The van der Waals surface area contributed by atoms with Gasteiger partial charge in [0.2, 0.25) is 0 Å². The van der Waals surface area contributed by atoms with Crippen molar-refractivity contribution in [3.05, 3.63) is 46.7 Å². The first kappa shape index (κ1) is 9.09. The highest BCUT2D eigenvalue weighted by Crippen LogP contribution is 2.23. The highest BCUT2D eigenvalue weighted by atomic mass is 35.5. The van der Waals surface area contributed by atoms with Gasteiger partial charge in [-0.2, -0.15) is 5.10 Å². The quantitative estimate of drug-likeness (QED) is 0.743. The maximum absolute atomic E-state index is 5.90. The lowest BCUT2D eigenvalue weighted by molar-refractivity contribution is 0.998. The molecule has 0 aliphatic carbocycles. The highest BCUT2D eigenvalue weighted by molar-refractivity contribution is 6.33. The van der Waals surface area contributed by atoms with Crippen molar-refractivity contribution in [3.8, 4) is 0 Å². The summed E-state index contributed by atoms with van der Waals surface area (Å²) in [5.41, 5.74) is 8.52. The molecule has 0 saturated carbocycles. The van der Waals surface area contributed by atoms with Gasteiger partial charge in [-0.3, -0.25) is 5.10 Å². The Bertz CT molecular complexity index is 423. The molecule has 1 aromatic carbocycles. The van der Waals surface area contributed by atoms with E-state index in [0.29, 0.717) is 10.7 Å². The number of hydrogen-bond donors (Lipinski definition) is 2. The van der Waals surface area contributed by atoms with Gasteiger partial charge < -0.3 is 5.73 Å². The van der Waals surface area contributed by atoms with E-state index in [1.54, 1.807) is 12.3 Å². The molecule has 0 amide bonds. The van der Waals surface area contributed by atoms with Gasteiger partial charge in [0.05, 0.1) is 10.7 Å². The number of aromatic nitrogens is 2. The summed E-state index contributed by atoms with van der Waals surface area (Å²) in [6, 6.07) is 7.56. The molecule has 3 nitrogen and oxygen atoms in total. The molecule has 0 radical (unpaired) electrons. The molecular weight excluding hydrogens is 198 g/mol. The van der Waals surface area contributed by atoms with Crippen LogP contribution in [-0.4, -0.2) is 10.2 Å². The van der Waals surface area contributed by atoms with Gasteiger partial charge in [-0.25, -0.2) is 0 Å². The Balaban J connectivity index is 2.29. The van der Waals surface area contributed by atoms with Crippen molar-refractivity contribution in [1.82, 2.24) is 10.2 Å². The SMILES string of the molecule is Nc1c(Cl)cccc1Cc1ccn[nH]1. The second-order valence-corrected chi connectivity index (χ2v) is 3.48. The Labute approximate surface area is 86.9 Å². The van der Waals surface area contributed by atoms with Crippen molar-refractivity contribution in [2.75, 3.05) is 5.73 Å². The molecule has 4 heteroatoms. The third kappa shape index (κ3) is 1.72. The van der Waals surface area contributed by atoms with Crippen LogP contribution in [0.15, 0.2) is 30.5 Å². The summed E-state index contributed by atoms with van der Waals surface area (Å²) in [5.74, 6) is 0. The van der Waals surface area contributed by atoms with Crippen LogP contribution in [0.1, 0.15) is 11.3 Å². The molecule has 0 atom stereocenters. The number of halogens is 1. The lowest BCUT2D eigenvalue weighted by atomic mass is 10.1. The van der Waals surface area contributed by atoms with Crippen LogP contribution >= 0.6 is 11.6 Å². The van der Waals surface area contributed by atoms with E-state index in [4.69, 9.17) is 17.3 Å². The van der Waals surface area contributed by atoms with E-state index in [2.05, 4.69) is 10.2 Å². The number of nitrogen functional groups attached to an aromatic ring is 1. The van der Waals surface area contributed by atoms with Crippen molar-refractivity contribution in [3.63, 3.8) is 0 Å². The van der Waals surface area contributed by atoms with Crippen LogP contribution in [0.25, 0.3) is 0 Å². The number of nitrogens with two attached hydrogens (primary N) is 1. The topological polar surface area (TPSA) is 54.7 Å². The third-order valence-corrected chi connectivity index (χ3v) is 2.41. The number of benzene rings is 1. The number of para-hydroxylation sites is 1. The predicted molar refractivity (Wildman–Crippen MR) is 57.3 cm³/mol.